The third-order valence-corrected chi connectivity index (χ3v) is 3.63. The summed E-state index contributed by atoms with van der Waals surface area (Å²) in [5.74, 6) is 0.971. The number of hydrogen-bond donors (Lipinski definition) is 2. The first-order chi connectivity index (χ1) is 12.1. The number of aromatic hydroxyl groups is 1. The van der Waals surface area contributed by atoms with Crippen molar-refractivity contribution in [2.45, 2.75) is 0 Å². The first-order valence-electron chi connectivity index (χ1n) is 7.22. The van der Waals surface area contributed by atoms with E-state index in [4.69, 9.17) is 21.7 Å². The number of phenols is 1. The van der Waals surface area contributed by atoms with E-state index < -0.39 is 0 Å². The van der Waals surface area contributed by atoms with Crippen molar-refractivity contribution in [1.29, 1.82) is 0 Å². The number of aromatic nitrogens is 4. The minimum absolute atomic E-state index is 0.0729. The molecule has 0 unspecified atom stereocenters. The van der Waals surface area contributed by atoms with E-state index in [2.05, 4.69) is 20.3 Å². The van der Waals surface area contributed by atoms with E-state index in [0.717, 1.165) is 0 Å². The van der Waals surface area contributed by atoms with Crippen LogP contribution >= 0.6 is 12.2 Å². The summed E-state index contributed by atoms with van der Waals surface area (Å²) in [6, 6.07) is 8.73. The average Bonchev–Trinajstić information content (AvgIpc) is 3.02. The Hall–Kier alpha value is -3.20. The summed E-state index contributed by atoms with van der Waals surface area (Å²) in [6.07, 6.45) is 3.22. The van der Waals surface area contributed by atoms with Crippen LogP contribution in [0.4, 0.5) is 0 Å². The molecule has 1 aromatic carbocycles. The Labute approximate surface area is 148 Å². The molecular formula is C16H15N5O3S. The number of methoxy groups -OCH3 is 2. The van der Waals surface area contributed by atoms with Gasteiger partial charge >= 0.3 is 0 Å². The third-order valence-electron chi connectivity index (χ3n) is 3.37. The second-order valence-electron chi connectivity index (χ2n) is 4.90. The van der Waals surface area contributed by atoms with Crippen LogP contribution in [0.1, 0.15) is 5.56 Å². The third kappa shape index (κ3) is 3.36. The maximum Gasteiger partial charge on any atom is 0.216 e. The molecule has 2 N–H and O–H groups in total. The summed E-state index contributed by atoms with van der Waals surface area (Å²) in [5.41, 5.74) is 1.29. The average molecular weight is 357 g/mol. The van der Waals surface area contributed by atoms with E-state index >= 15 is 0 Å². The number of nitrogens with one attached hydrogen (secondary N) is 1. The molecule has 128 valence electrons. The fourth-order valence-corrected chi connectivity index (χ4v) is 2.35. The quantitative estimate of drug-likeness (QED) is 0.538. The molecule has 0 aliphatic heterocycles. The van der Waals surface area contributed by atoms with Crippen LogP contribution in [0.25, 0.3) is 11.5 Å². The van der Waals surface area contributed by atoms with Crippen molar-refractivity contribution in [3.63, 3.8) is 0 Å². The van der Waals surface area contributed by atoms with E-state index in [1.807, 2.05) is 18.2 Å². The van der Waals surface area contributed by atoms with Crippen molar-refractivity contribution in [1.82, 2.24) is 19.9 Å². The summed E-state index contributed by atoms with van der Waals surface area (Å²) in [6.45, 7) is 0. The number of nitrogens with zero attached hydrogens (tertiary/aromatic N) is 4. The SMILES string of the molecule is COc1cc(C=Nn2c(-c3ccccn3)n[nH]c2=S)cc(OC)c1O. The topological polar surface area (TPSA) is 97.6 Å². The van der Waals surface area contributed by atoms with Crippen LogP contribution in [-0.4, -0.2) is 45.4 Å². The fraction of sp³-hybridized carbons (Fsp3) is 0.125. The van der Waals surface area contributed by atoms with Gasteiger partial charge in [0.25, 0.3) is 0 Å². The number of rotatable bonds is 5. The fourth-order valence-electron chi connectivity index (χ4n) is 2.17. The lowest BCUT2D eigenvalue weighted by atomic mass is 10.2. The summed E-state index contributed by atoms with van der Waals surface area (Å²) in [7, 11) is 2.92. The lowest BCUT2D eigenvalue weighted by Gasteiger charge is -2.09. The molecular weight excluding hydrogens is 342 g/mol. The molecule has 3 aromatic rings. The maximum absolute atomic E-state index is 9.96. The van der Waals surface area contributed by atoms with Gasteiger partial charge in [0, 0.05) is 11.8 Å². The molecule has 0 spiro atoms. The van der Waals surface area contributed by atoms with Gasteiger partial charge in [-0.05, 0) is 36.5 Å². The molecule has 0 aliphatic carbocycles. The Kier molecular flexibility index (Phi) is 4.75. The molecule has 3 rings (SSSR count). The minimum atomic E-state index is -0.0729. The zero-order valence-electron chi connectivity index (χ0n) is 13.5. The van der Waals surface area contributed by atoms with Gasteiger partial charge in [0.2, 0.25) is 16.3 Å². The molecule has 0 aliphatic rings. The Morgan fingerprint density at radius 1 is 1.24 bits per heavy atom. The van der Waals surface area contributed by atoms with Crippen molar-refractivity contribution >= 4 is 18.4 Å². The number of phenolic OH excluding ortho intramolecular Hbond substituents is 1. The molecule has 0 saturated carbocycles. The number of aromatic amines is 1. The van der Waals surface area contributed by atoms with Crippen LogP contribution in [0.15, 0.2) is 41.6 Å². The normalized spacial score (nSPS) is 11.0. The Balaban J connectivity index is 2.01. The van der Waals surface area contributed by atoms with Crippen molar-refractivity contribution < 1.29 is 14.6 Å². The van der Waals surface area contributed by atoms with Crippen LogP contribution in [0.2, 0.25) is 0 Å². The summed E-state index contributed by atoms with van der Waals surface area (Å²) >= 11 is 5.22. The van der Waals surface area contributed by atoms with E-state index in [1.165, 1.54) is 18.9 Å². The van der Waals surface area contributed by atoms with E-state index in [1.54, 1.807) is 24.5 Å². The maximum atomic E-state index is 9.96. The number of benzene rings is 1. The number of hydrogen-bond acceptors (Lipinski definition) is 7. The monoisotopic (exact) mass is 357 g/mol. The molecule has 0 fully saturated rings. The smallest absolute Gasteiger partial charge is 0.216 e. The van der Waals surface area contributed by atoms with Gasteiger partial charge in [-0.25, -0.2) is 5.10 Å². The van der Waals surface area contributed by atoms with Crippen LogP contribution in [0, 0.1) is 4.77 Å². The summed E-state index contributed by atoms with van der Waals surface area (Å²) < 4.78 is 12.1. The highest BCUT2D eigenvalue weighted by Gasteiger charge is 2.11. The van der Waals surface area contributed by atoms with Gasteiger partial charge in [0.1, 0.15) is 5.69 Å². The highest BCUT2D eigenvalue weighted by molar-refractivity contribution is 7.71. The lowest BCUT2D eigenvalue weighted by molar-refractivity contribution is 0.340. The molecule has 0 bridgehead atoms. The second kappa shape index (κ2) is 7.14. The van der Waals surface area contributed by atoms with Gasteiger partial charge in [-0.15, -0.1) is 0 Å². The molecule has 9 heteroatoms. The number of H-pyrrole nitrogens is 1. The largest absolute Gasteiger partial charge is 0.502 e. The van der Waals surface area contributed by atoms with Crippen LogP contribution in [-0.2, 0) is 0 Å². The van der Waals surface area contributed by atoms with Gasteiger partial charge in [-0.1, -0.05) is 6.07 Å². The highest BCUT2D eigenvalue weighted by Crippen LogP contribution is 2.36. The molecule has 2 aromatic heterocycles. The summed E-state index contributed by atoms with van der Waals surface area (Å²) in [4.78, 5) is 4.25. The number of pyridine rings is 1. The van der Waals surface area contributed by atoms with Gasteiger partial charge < -0.3 is 14.6 Å². The van der Waals surface area contributed by atoms with Crippen molar-refractivity contribution in [2.75, 3.05) is 14.2 Å². The minimum Gasteiger partial charge on any atom is -0.502 e. The predicted molar refractivity (Wildman–Crippen MR) is 94.8 cm³/mol. The Morgan fingerprint density at radius 2 is 1.96 bits per heavy atom. The van der Waals surface area contributed by atoms with Gasteiger partial charge in [-0.2, -0.15) is 14.9 Å². The number of ether oxygens (including phenoxy) is 2. The van der Waals surface area contributed by atoms with Crippen molar-refractivity contribution in [2.24, 2.45) is 5.10 Å². The molecule has 0 radical (unpaired) electrons. The van der Waals surface area contributed by atoms with E-state index in [0.29, 0.717) is 21.9 Å². The predicted octanol–water partition coefficient (Wildman–Crippen LogP) is 2.61. The highest BCUT2D eigenvalue weighted by atomic mass is 32.1. The first-order valence-corrected chi connectivity index (χ1v) is 7.63. The summed E-state index contributed by atoms with van der Waals surface area (Å²) in [5, 5.41) is 21.2. The standard InChI is InChI=1S/C16H15N5O3S/c1-23-12-7-10(8-13(24-2)14(12)22)9-18-21-15(19-20-16(21)25)11-5-3-4-6-17-11/h3-9,22H,1-2H3,(H,20,25). The van der Waals surface area contributed by atoms with Gasteiger partial charge in [0.05, 0.1) is 20.4 Å². The van der Waals surface area contributed by atoms with Crippen molar-refractivity contribution in [3.8, 4) is 28.8 Å². The Bertz CT molecular complexity index is 940. The van der Waals surface area contributed by atoms with Crippen LogP contribution < -0.4 is 9.47 Å². The Morgan fingerprint density at radius 3 is 2.56 bits per heavy atom. The zero-order valence-corrected chi connectivity index (χ0v) is 14.3. The first kappa shape index (κ1) is 16.7. The van der Waals surface area contributed by atoms with Crippen LogP contribution in [0.3, 0.4) is 0 Å². The molecule has 8 nitrogen and oxygen atoms in total. The van der Waals surface area contributed by atoms with Gasteiger partial charge in [-0.3, -0.25) is 4.98 Å². The van der Waals surface area contributed by atoms with Gasteiger partial charge in [0.15, 0.2) is 11.5 Å². The zero-order chi connectivity index (χ0) is 17.8. The van der Waals surface area contributed by atoms with Crippen molar-refractivity contribution in [3.05, 3.63) is 46.9 Å². The lowest BCUT2D eigenvalue weighted by Crippen LogP contribution is -1.97. The molecule has 0 atom stereocenters. The van der Waals surface area contributed by atoms with E-state index in [9.17, 15) is 5.11 Å². The van der Waals surface area contributed by atoms with Crippen LogP contribution in [0.5, 0.6) is 17.2 Å². The molecule has 2 heterocycles. The second-order valence-corrected chi connectivity index (χ2v) is 5.28. The van der Waals surface area contributed by atoms with E-state index in [-0.39, 0.29) is 17.2 Å². The molecule has 0 saturated heterocycles. The molecule has 25 heavy (non-hydrogen) atoms. The molecule has 0 amide bonds.